The predicted molar refractivity (Wildman–Crippen MR) is 82.4 cm³/mol. The van der Waals surface area contributed by atoms with Gasteiger partial charge in [0.1, 0.15) is 0 Å². The van der Waals surface area contributed by atoms with Gasteiger partial charge in [-0.25, -0.2) is 0 Å². The van der Waals surface area contributed by atoms with Crippen LogP contribution in [0.25, 0.3) is 0 Å². The standard InChI is InChI=1S/C16H31N3O/c1-14-6-10-18(11-7-14)12-15-4-3-9-19(13-15)16(20)5-2-8-17/h14-15H,2-13,17H2,1H3. The van der Waals surface area contributed by atoms with Crippen LogP contribution in [0, 0.1) is 11.8 Å². The first-order valence-electron chi connectivity index (χ1n) is 8.39. The molecule has 2 heterocycles. The molecular weight excluding hydrogens is 250 g/mol. The SMILES string of the molecule is CC1CCN(CC2CCCN(C(=O)CCCN)C2)CC1. The summed E-state index contributed by atoms with van der Waals surface area (Å²) in [6, 6.07) is 0. The molecular formula is C16H31N3O. The molecule has 4 heteroatoms. The minimum absolute atomic E-state index is 0.312. The lowest BCUT2D eigenvalue weighted by atomic mass is 9.94. The Balaban J connectivity index is 1.74. The summed E-state index contributed by atoms with van der Waals surface area (Å²) in [5.74, 6) is 1.89. The van der Waals surface area contributed by atoms with Crippen molar-refractivity contribution in [2.45, 2.75) is 45.4 Å². The van der Waals surface area contributed by atoms with E-state index in [4.69, 9.17) is 5.73 Å². The third kappa shape index (κ3) is 4.74. The van der Waals surface area contributed by atoms with E-state index in [-0.39, 0.29) is 0 Å². The molecule has 2 rings (SSSR count). The number of carbonyl (C=O) groups is 1. The molecule has 0 spiro atoms. The molecule has 0 aromatic rings. The second-order valence-electron chi connectivity index (χ2n) is 6.72. The summed E-state index contributed by atoms with van der Waals surface area (Å²) in [5.41, 5.74) is 5.49. The van der Waals surface area contributed by atoms with Crippen molar-refractivity contribution in [1.82, 2.24) is 9.80 Å². The van der Waals surface area contributed by atoms with E-state index in [9.17, 15) is 4.79 Å². The summed E-state index contributed by atoms with van der Waals surface area (Å²) >= 11 is 0. The van der Waals surface area contributed by atoms with Gasteiger partial charge in [-0.3, -0.25) is 4.79 Å². The molecule has 0 aromatic heterocycles. The van der Waals surface area contributed by atoms with Gasteiger partial charge < -0.3 is 15.5 Å². The van der Waals surface area contributed by atoms with Gasteiger partial charge in [0, 0.05) is 26.1 Å². The molecule has 2 saturated heterocycles. The number of carbonyl (C=O) groups excluding carboxylic acids is 1. The van der Waals surface area contributed by atoms with Crippen molar-refractivity contribution in [2.24, 2.45) is 17.6 Å². The Kier molecular flexibility index (Phi) is 6.30. The van der Waals surface area contributed by atoms with Crippen LogP contribution in [0.3, 0.4) is 0 Å². The lowest BCUT2D eigenvalue weighted by Gasteiger charge is -2.38. The number of hydrogen-bond donors (Lipinski definition) is 1. The highest BCUT2D eigenvalue weighted by Crippen LogP contribution is 2.22. The summed E-state index contributed by atoms with van der Waals surface area (Å²) in [4.78, 5) is 16.8. The number of piperidine rings is 2. The highest BCUT2D eigenvalue weighted by Gasteiger charge is 2.26. The number of nitrogens with zero attached hydrogens (tertiary/aromatic N) is 2. The fourth-order valence-electron chi connectivity index (χ4n) is 3.46. The van der Waals surface area contributed by atoms with Crippen molar-refractivity contribution in [3.63, 3.8) is 0 Å². The highest BCUT2D eigenvalue weighted by molar-refractivity contribution is 5.76. The molecule has 0 aromatic carbocycles. The molecule has 2 aliphatic rings. The molecule has 116 valence electrons. The summed E-state index contributed by atoms with van der Waals surface area (Å²) in [5, 5.41) is 0. The second kappa shape index (κ2) is 7.99. The van der Waals surface area contributed by atoms with Gasteiger partial charge in [-0.1, -0.05) is 6.92 Å². The summed E-state index contributed by atoms with van der Waals surface area (Å²) < 4.78 is 0. The molecule has 0 radical (unpaired) electrons. The zero-order valence-electron chi connectivity index (χ0n) is 13.0. The summed E-state index contributed by atoms with van der Waals surface area (Å²) in [6.07, 6.45) is 6.59. The van der Waals surface area contributed by atoms with Crippen LogP contribution < -0.4 is 5.73 Å². The Morgan fingerprint density at radius 2 is 1.95 bits per heavy atom. The van der Waals surface area contributed by atoms with E-state index in [1.807, 2.05) is 0 Å². The number of amides is 1. The highest BCUT2D eigenvalue weighted by atomic mass is 16.2. The van der Waals surface area contributed by atoms with Gasteiger partial charge in [0.2, 0.25) is 5.91 Å². The fraction of sp³-hybridized carbons (Fsp3) is 0.938. The first-order chi connectivity index (χ1) is 9.69. The third-order valence-electron chi connectivity index (χ3n) is 4.86. The van der Waals surface area contributed by atoms with Crippen molar-refractivity contribution >= 4 is 5.91 Å². The molecule has 2 fully saturated rings. The van der Waals surface area contributed by atoms with E-state index in [0.717, 1.165) is 25.4 Å². The number of likely N-dealkylation sites (tertiary alicyclic amines) is 2. The van der Waals surface area contributed by atoms with Crippen molar-refractivity contribution in [1.29, 1.82) is 0 Å². The van der Waals surface area contributed by atoms with E-state index in [0.29, 0.717) is 24.8 Å². The second-order valence-corrected chi connectivity index (χ2v) is 6.72. The topological polar surface area (TPSA) is 49.6 Å². The molecule has 1 amide bonds. The van der Waals surface area contributed by atoms with E-state index < -0.39 is 0 Å². The Labute approximate surface area is 123 Å². The van der Waals surface area contributed by atoms with E-state index in [2.05, 4.69) is 16.7 Å². The number of nitrogens with two attached hydrogens (primary N) is 1. The fourth-order valence-corrected chi connectivity index (χ4v) is 3.46. The van der Waals surface area contributed by atoms with Gasteiger partial charge in [0.15, 0.2) is 0 Å². The zero-order valence-corrected chi connectivity index (χ0v) is 13.0. The van der Waals surface area contributed by atoms with Crippen molar-refractivity contribution in [2.75, 3.05) is 39.3 Å². The van der Waals surface area contributed by atoms with Crippen molar-refractivity contribution < 1.29 is 4.79 Å². The molecule has 0 aliphatic carbocycles. The largest absolute Gasteiger partial charge is 0.342 e. The summed E-state index contributed by atoms with van der Waals surface area (Å²) in [6.45, 7) is 8.59. The first kappa shape index (κ1) is 15.8. The maximum atomic E-state index is 12.1. The number of rotatable bonds is 5. The maximum Gasteiger partial charge on any atom is 0.222 e. The van der Waals surface area contributed by atoms with Gasteiger partial charge >= 0.3 is 0 Å². The molecule has 1 atom stereocenters. The molecule has 2 N–H and O–H groups in total. The van der Waals surface area contributed by atoms with Crippen molar-refractivity contribution in [3.8, 4) is 0 Å². The van der Waals surface area contributed by atoms with Gasteiger partial charge in [0.05, 0.1) is 0 Å². The van der Waals surface area contributed by atoms with Crippen LogP contribution in [0.1, 0.15) is 45.4 Å². The molecule has 0 bridgehead atoms. The van der Waals surface area contributed by atoms with Crippen LogP contribution in [0.15, 0.2) is 0 Å². The quantitative estimate of drug-likeness (QED) is 0.834. The summed E-state index contributed by atoms with van der Waals surface area (Å²) in [7, 11) is 0. The van der Waals surface area contributed by atoms with Crippen molar-refractivity contribution in [3.05, 3.63) is 0 Å². The predicted octanol–water partition coefficient (Wildman–Crippen LogP) is 1.70. The van der Waals surface area contributed by atoms with Gasteiger partial charge in [-0.15, -0.1) is 0 Å². The zero-order chi connectivity index (χ0) is 14.4. The molecule has 0 saturated carbocycles. The minimum atomic E-state index is 0.312. The van der Waals surface area contributed by atoms with Gasteiger partial charge in [-0.2, -0.15) is 0 Å². The first-order valence-corrected chi connectivity index (χ1v) is 8.39. The lowest BCUT2D eigenvalue weighted by Crippen LogP contribution is -2.45. The minimum Gasteiger partial charge on any atom is -0.342 e. The Hall–Kier alpha value is -0.610. The van der Waals surface area contributed by atoms with Crippen LogP contribution in [0.5, 0.6) is 0 Å². The smallest absolute Gasteiger partial charge is 0.222 e. The van der Waals surface area contributed by atoms with E-state index >= 15 is 0 Å². The van der Waals surface area contributed by atoms with Crippen LogP contribution in [0.2, 0.25) is 0 Å². The average molecular weight is 281 g/mol. The molecule has 4 nitrogen and oxygen atoms in total. The lowest BCUT2D eigenvalue weighted by molar-refractivity contribution is -0.133. The van der Waals surface area contributed by atoms with Gasteiger partial charge in [-0.05, 0) is 63.6 Å². The van der Waals surface area contributed by atoms with Crippen LogP contribution in [0.4, 0.5) is 0 Å². The monoisotopic (exact) mass is 281 g/mol. The maximum absolute atomic E-state index is 12.1. The normalized spacial score (nSPS) is 25.9. The van der Waals surface area contributed by atoms with Gasteiger partial charge in [0.25, 0.3) is 0 Å². The van der Waals surface area contributed by atoms with Crippen LogP contribution >= 0.6 is 0 Å². The Morgan fingerprint density at radius 1 is 1.20 bits per heavy atom. The number of hydrogen-bond acceptors (Lipinski definition) is 3. The Morgan fingerprint density at radius 3 is 2.65 bits per heavy atom. The molecule has 1 unspecified atom stereocenters. The van der Waals surface area contributed by atoms with E-state index in [1.165, 1.54) is 45.3 Å². The van der Waals surface area contributed by atoms with Crippen LogP contribution in [-0.2, 0) is 4.79 Å². The van der Waals surface area contributed by atoms with E-state index in [1.54, 1.807) is 0 Å². The molecule has 20 heavy (non-hydrogen) atoms. The van der Waals surface area contributed by atoms with Crippen LogP contribution in [-0.4, -0.2) is 55.0 Å². The molecule has 2 aliphatic heterocycles. The Bertz CT molecular complexity index is 300. The third-order valence-corrected chi connectivity index (χ3v) is 4.86. The average Bonchev–Trinajstić information content (AvgIpc) is 2.47.